The number of carbonyl (C=O) groups is 2. The lowest BCUT2D eigenvalue weighted by atomic mass is 9.95. The third-order valence-electron chi connectivity index (χ3n) is 5.45. The van der Waals surface area contributed by atoms with Gasteiger partial charge in [0, 0.05) is 17.1 Å². The first kappa shape index (κ1) is 19.4. The normalized spacial score (nSPS) is 16.3. The van der Waals surface area contributed by atoms with E-state index in [9.17, 15) is 9.59 Å². The van der Waals surface area contributed by atoms with Crippen LogP contribution >= 0.6 is 0 Å². The van der Waals surface area contributed by atoms with Crippen LogP contribution in [0.3, 0.4) is 0 Å². The van der Waals surface area contributed by atoms with Crippen LogP contribution in [0.5, 0.6) is 0 Å². The van der Waals surface area contributed by atoms with Gasteiger partial charge in [-0.1, -0.05) is 55.7 Å². The number of nitrogens with zero attached hydrogens (tertiary/aromatic N) is 1. The number of amides is 2. The largest absolute Gasteiger partial charge is 0.352 e. The fourth-order valence-electron chi connectivity index (χ4n) is 3.66. The summed E-state index contributed by atoms with van der Waals surface area (Å²) >= 11 is 0. The number of anilines is 1. The topological polar surface area (TPSA) is 61.4 Å². The average Bonchev–Trinajstić information content (AvgIpc) is 2.68. The van der Waals surface area contributed by atoms with Crippen LogP contribution < -0.4 is 10.6 Å². The van der Waals surface area contributed by atoms with E-state index in [-0.39, 0.29) is 30.4 Å². The predicted molar refractivity (Wildman–Crippen MR) is 110 cm³/mol. The lowest BCUT2D eigenvalue weighted by molar-refractivity contribution is -0.127. The summed E-state index contributed by atoms with van der Waals surface area (Å²) in [5.74, 6) is -0.117. The molecule has 2 aromatic carbocycles. The number of rotatable bonds is 6. The quantitative estimate of drug-likeness (QED) is 0.821. The third-order valence-corrected chi connectivity index (χ3v) is 5.45. The summed E-state index contributed by atoms with van der Waals surface area (Å²) in [5.41, 5.74) is 0.797. The number of fused-ring (bicyclic) bond motifs is 1. The molecule has 1 atom stereocenters. The Morgan fingerprint density at radius 3 is 2.56 bits per heavy atom. The smallest absolute Gasteiger partial charge is 0.238 e. The van der Waals surface area contributed by atoms with Gasteiger partial charge in [0.25, 0.3) is 0 Å². The Balaban J connectivity index is 1.55. The molecule has 0 unspecified atom stereocenters. The number of hydrogen-bond donors (Lipinski definition) is 2. The summed E-state index contributed by atoms with van der Waals surface area (Å²) in [6.45, 7) is 2.02. The lowest BCUT2D eigenvalue weighted by Gasteiger charge is -2.28. The molecule has 0 heterocycles. The van der Waals surface area contributed by atoms with Gasteiger partial charge in [-0.2, -0.15) is 0 Å². The van der Waals surface area contributed by atoms with Crippen LogP contribution in [-0.4, -0.2) is 42.4 Å². The van der Waals surface area contributed by atoms with Gasteiger partial charge in [0.15, 0.2) is 0 Å². The molecule has 0 spiro atoms. The van der Waals surface area contributed by atoms with Crippen molar-refractivity contribution < 1.29 is 9.59 Å². The first-order valence-electron chi connectivity index (χ1n) is 9.83. The number of carbonyl (C=O) groups excluding carboxylic acids is 2. The van der Waals surface area contributed by atoms with Crippen molar-refractivity contribution >= 4 is 28.3 Å². The monoisotopic (exact) mass is 367 g/mol. The maximum atomic E-state index is 12.5. The van der Waals surface area contributed by atoms with Gasteiger partial charge in [-0.25, -0.2) is 0 Å². The third kappa shape index (κ3) is 5.07. The first-order valence-corrected chi connectivity index (χ1v) is 9.83. The molecule has 27 heavy (non-hydrogen) atoms. The van der Waals surface area contributed by atoms with Gasteiger partial charge in [0.1, 0.15) is 0 Å². The summed E-state index contributed by atoms with van der Waals surface area (Å²) in [6, 6.07) is 13.8. The molecule has 5 nitrogen and oxygen atoms in total. The van der Waals surface area contributed by atoms with Gasteiger partial charge < -0.3 is 10.6 Å². The van der Waals surface area contributed by atoms with Crippen molar-refractivity contribution in [2.45, 2.75) is 51.1 Å². The minimum Gasteiger partial charge on any atom is -0.352 e. The zero-order chi connectivity index (χ0) is 19.2. The summed E-state index contributed by atoms with van der Waals surface area (Å²) in [7, 11) is 1.81. The van der Waals surface area contributed by atoms with Crippen molar-refractivity contribution in [3.05, 3.63) is 42.5 Å². The van der Waals surface area contributed by atoms with Crippen molar-refractivity contribution in [1.29, 1.82) is 0 Å². The Bertz CT molecular complexity index is 794. The second kappa shape index (κ2) is 9.00. The van der Waals surface area contributed by atoms with Gasteiger partial charge >= 0.3 is 0 Å². The highest BCUT2D eigenvalue weighted by Gasteiger charge is 2.23. The zero-order valence-electron chi connectivity index (χ0n) is 16.2. The Morgan fingerprint density at radius 2 is 1.78 bits per heavy atom. The van der Waals surface area contributed by atoms with Gasteiger partial charge in [-0.3, -0.25) is 14.5 Å². The van der Waals surface area contributed by atoms with E-state index in [0.717, 1.165) is 29.3 Å². The summed E-state index contributed by atoms with van der Waals surface area (Å²) < 4.78 is 0. The van der Waals surface area contributed by atoms with Crippen molar-refractivity contribution in [2.75, 3.05) is 18.9 Å². The van der Waals surface area contributed by atoms with Crippen molar-refractivity contribution in [2.24, 2.45) is 0 Å². The minimum absolute atomic E-state index is 0.00219. The maximum Gasteiger partial charge on any atom is 0.238 e. The van der Waals surface area contributed by atoms with Crippen LogP contribution in [0.15, 0.2) is 42.5 Å². The van der Waals surface area contributed by atoms with Crippen molar-refractivity contribution in [3.63, 3.8) is 0 Å². The molecule has 5 heteroatoms. The van der Waals surface area contributed by atoms with Crippen molar-refractivity contribution in [3.8, 4) is 0 Å². The Morgan fingerprint density at radius 1 is 1.07 bits per heavy atom. The molecule has 2 amide bonds. The van der Waals surface area contributed by atoms with Gasteiger partial charge in [-0.15, -0.1) is 0 Å². The van der Waals surface area contributed by atoms with E-state index >= 15 is 0 Å². The molecule has 0 aromatic heterocycles. The van der Waals surface area contributed by atoms with E-state index < -0.39 is 0 Å². The molecular formula is C22H29N3O2. The van der Waals surface area contributed by atoms with E-state index in [4.69, 9.17) is 0 Å². The molecule has 0 saturated heterocycles. The molecule has 144 valence electrons. The Kier molecular flexibility index (Phi) is 6.45. The van der Waals surface area contributed by atoms with Gasteiger partial charge in [0.2, 0.25) is 11.8 Å². The van der Waals surface area contributed by atoms with Crippen LogP contribution in [0, 0.1) is 0 Å². The standard InChI is InChI=1S/C22H29N3O2/c1-16(22(27)23-18-11-4-3-5-12-18)25(2)15-21(26)24-20-14-8-10-17-9-6-7-13-19(17)20/h6-10,13-14,16,18H,3-5,11-12,15H2,1-2H3,(H,23,27)(H,24,26)/t16-/m1/s1. The highest BCUT2D eigenvalue weighted by atomic mass is 16.2. The van der Waals surface area contributed by atoms with Crippen LogP contribution in [0.2, 0.25) is 0 Å². The SMILES string of the molecule is C[C@H](C(=O)NC1CCCCC1)N(C)CC(=O)Nc1cccc2ccccc12. The summed E-state index contributed by atoms with van der Waals surface area (Å²) in [6.07, 6.45) is 5.74. The minimum atomic E-state index is -0.342. The van der Waals surface area contributed by atoms with Gasteiger partial charge in [0.05, 0.1) is 12.6 Å². The highest BCUT2D eigenvalue weighted by Crippen LogP contribution is 2.23. The molecule has 0 radical (unpaired) electrons. The van der Waals surface area contributed by atoms with E-state index in [1.807, 2.05) is 56.4 Å². The summed E-state index contributed by atoms with van der Waals surface area (Å²) in [5, 5.41) is 8.21. The molecular weight excluding hydrogens is 338 g/mol. The Labute approximate surface area is 161 Å². The Hall–Kier alpha value is -2.40. The fraction of sp³-hybridized carbons (Fsp3) is 0.455. The molecule has 1 aliphatic rings. The van der Waals surface area contributed by atoms with Crippen LogP contribution in [-0.2, 0) is 9.59 Å². The molecule has 2 N–H and O–H groups in total. The number of benzene rings is 2. The molecule has 0 bridgehead atoms. The maximum absolute atomic E-state index is 12.5. The van der Waals surface area contributed by atoms with Crippen LogP contribution in [0.1, 0.15) is 39.0 Å². The lowest BCUT2D eigenvalue weighted by Crippen LogP contribution is -2.49. The number of hydrogen-bond acceptors (Lipinski definition) is 3. The number of likely N-dealkylation sites (N-methyl/N-ethyl adjacent to an activating group) is 1. The van der Waals surface area contributed by atoms with Gasteiger partial charge in [-0.05, 0) is 38.3 Å². The van der Waals surface area contributed by atoms with Crippen LogP contribution in [0.25, 0.3) is 10.8 Å². The second-order valence-electron chi connectivity index (χ2n) is 7.51. The molecule has 3 rings (SSSR count). The molecule has 1 aliphatic carbocycles. The van der Waals surface area contributed by atoms with Crippen LogP contribution in [0.4, 0.5) is 5.69 Å². The van der Waals surface area contributed by atoms with E-state index in [1.54, 1.807) is 4.90 Å². The molecule has 0 aliphatic heterocycles. The molecule has 2 aromatic rings. The first-order chi connectivity index (χ1) is 13.0. The average molecular weight is 367 g/mol. The molecule has 1 saturated carbocycles. The zero-order valence-corrected chi connectivity index (χ0v) is 16.2. The second-order valence-corrected chi connectivity index (χ2v) is 7.51. The number of nitrogens with one attached hydrogen (secondary N) is 2. The summed E-state index contributed by atoms with van der Waals surface area (Å²) in [4.78, 5) is 26.8. The predicted octanol–water partition coefficient (Wildman–Crippen LogP) is 3.55. The highest BCUT2D eigenvalue weighted by molar-refractivity contribution is 6.02. The van der Waals surface area contributed by atoms with E-state index in [0.29, 0.717) is 0 Å². The van der Waals surface area contributed by atoms with E-state index in [1.165, 1.54) is 19.3 Å². The molecule has 1 fully saturated rings. The fourth-order valence-corrected chi connectivity index (χ4v) is 3.66. The van der Waals surface area contributed by atoms with Crippen molar-refractivity contribution in [1.82, 2.24) is 10.2 Å². The van der Waals surface area contributed by atoms with E-state index in [2.05, 4.69) is 10.6 Å².